The van der Waals surface area contributed by atoms with Crippen LogP contribution in [0.1, 0.15) is 17.0 Å². The zero-order valence-electron chi connectivity index (χ0n) is 16.9. The molecule has 0 fully saturated rings. The topological polar surface area (TPSA) is 34.9 Å². The quantitative estimate of drug-likeness (QED) is 0.325. The highest BCUT2D eigenvalue weighted by Crippen LogP contribution is 2.23. The Bertz CT molecular complexity index is 1530. The standard InChI is InChI=1S/C27H19ClN2O/c1-18-17-21(28)14-15-25(18)30-26(29-24-12-5-4-11-23(24)27(30)31)16-13-20-9-6-8-19-7-2-3-10-22(19)20/h2-17H,1H3. The molecule has 1 aromatic heterocycles. The van der Waals surface area contributed by atoms with Crippen molar-refractivity contribution in [3.05, 3.63) is 117 Å². The predicted octanol–water partition coefficient (Wildman–Crippen LogP) is 6.67. The largest absolute Gasteiger partial charge is 0.268 e. The summed E-state index contributed by atoms with van der Waals surface area (Å²) in [4.78, 5) is 18.3. The van der Waals surface area contributed by atoms with E-state index in [4.69, 9.17) is 16.6 Å². The van der Waals surface area contributed by atoms with Gasteiger partial charge in [-0.05, 0) is 65.2 Å². The maximum absolute atomic E-state index is 13.5. The average molecular weight is 423 g/mol. The van der Waals surface area contributed by atoms with Crippen LogP contribution in [0, 0.1) is 6.92 Å². The molecule has 0 bridgehead atoms. The molecule has 31 heavy (non-hydrogen) atoms. The number of benzene rings is 4. The molecule has 5 aromatic rings. The maximum atomic E-state index is 13.5. The Morgan fingerprint density at radius 3 is 2.42 bits per heavy atom. The smallest absolute Gasteiger partial charge is 0.266 e. The highest BCUT2D eigenvalue weighted by atomic mass is 35.5. The average Bonchev–Trinajstić information content (AvgIpc) is 2.78. The number of hydrogen-bond donors (Lipinski definition) is 0. The van der Waals surface area contributed by atoms with Crippen LogP contribution >= 0.6 is 11.6 Å². The van der Waals surface area contributed by atoms with Crippen molar-refractivity contribution < 1.29 is 0 Å². The van der Waals surface area contributed by atoms with Gasteiger partial charge in [-0.1, -0.05) is 72.3 Å². The van der Waals surface area contributed by atoms with Gasteiger partial charge in [0.25, 0.3) is 5.56 Å². The molecule has 4 aromatic carbocycles. The summed E-state index contributed by atoms with van der Waals surface area (Å²) in [6, 6.07) is 27.4. The summed E-state index contributed by atoms with van der Waals surface area (Å²) in [5.74, 6) is 0.571. The van der Waals surface area contributed by atoms with Crippen molar-refractivity contribution in [1.29, 1.82) is 0 Å². The first-order valence-corrected chi connectivity index (χ1v) is 10.4. The molecule has 0 aliphatic carbocycles. The zero-order valence-corrected chi connectivity index (χ0v) is 17.7. The summed E-state index contributed by atoms with van der Waals surface area (Å²) in [6.07, 6.45) is 3.92. The number of rotatable bonds is 3. The fraction of sp³-hybridized carbons (Fsp3) is 0.0370. The molecule has 0 atom stereocenters. The second-order valence-corrected chi connectivity index (χ2v) is 7.90. The number of aromatic nitrogens is 2. The summed E-state index contributed by atoms with van der Waals surface area (Å²) in [5.41, 5.74) is 3.32. The Morgan fingerprint density at radius 2 is 1.58 bits per heavy atom. The number of hydrogen-bond acceptors (Lipinski definition) is 2. The van der Waals surface area contributed by atoms with Gasteiger partial charge in [-0.3, -0.25) is 9.36 Å². The van der Waals surface area contributed by atoms with Gasteiger partial charge in [-0.15, -0.1) is 0 Å². The molecular weight excluding hydrogens is 404 g/mol. The summed E-state index contributed by atoms with van der Waals surface area (Å²) < 4.78 is 1.66. The van der Waals surface area contributed by atoms with Gasteiger partial charge in [0, 0.05) is 5.02 Å². The van der Waals surface area contributed by atoms with Crippen LogP contribution in [0.5, 0.6) is 0 Å². The van der Waals surface area contributed by atoms with E-state index in [-0.39, 0.29) is 5.56 Å². The number of aryl methyl sites for hydroxylation is 1. The van der Waals surface area contributed by atoms with Gasteiger partial charge in [0.2, 0.25) is 0 Å². The SMILES string of the molecule is Cc1cc(Cl)ccc1-n1c(C=Cc2cccc3ccccc23)nc2ccccc2c1=O. The van der Waals surface area contributed by atoms with Crippen LogP contribution in [0.2, 0.25) is 5.02 Å². The van der Waals surface area contributed by atoms with Crippen LogP contribution in [0.4, 0.5) is 0 Å². The minimum absolute atomic E-state index is 0.103. The van der Waals surface area contributed by atoms with Gasteiger partial charge < -0.3 is 0 Å². The van der Waals surface area contributed by atoms with Crippen LogP contribution in [0.25, 0.3) is 39.5 Å². The van der Waals surface area contributed by atoms with Crippen molar-refractivity contribution in [2.45, 2.75) is 6.92 Å². The fourth-order valence-corrected chi connectivity index (χ4v) is 4.15. The Kier molecular flexibility index (Phi) is 4.89. The molecule has 0 amide bonds. The lowest BCUT2D eigenvalue weighted by atomic mass is 10.0. The summed E-state index contributed by atoms with van der Waals surface area (Å²) in [5, 5.41) is 3.54. The molecule has 5 rings (SSSR count). The molecule has 0 unspecified atom stereocenters. The third-order valence-corrected chi connectivity index (χ3v) is 5.67. The van der Waals surface area contributed by atoms with Gasteiger partial charge in [0.1, 0.15) is 5.82 Å². The van der Waals surface area contributed by atoms with E-state index in [1.807, 2.05) is 73.7 Å². The van der Waals surface area contributed by atoms with Crippen molar-refractivity contribution in [1.82, 2.24) is 9.55 Å². The van der Waals surface area contributed by atoms with Gasteiger partial charge in [-0.2, -0.15) is 0 Å². The number of halogens is 1. The normalized spacial score (nSPS) is 11.5. The second-order valence-electron chi connectivity index (χ2n) is 7.46. The van der Waals surface area contributed by atoms with Crippen LogP contribution in [-0.4, -0.2) is 9.55 Å². The first-order chi connectivity index (χ1) is 15.1. The van der Waals surface area contributed by atoms with Gasteiger partial charge in [0.15, 0.2) is 0 Å². The molecule has 0 aliphatic heterocycles. The summed E-state index contributed by atoms with van der Waals surface area (Å²) in [7, 11) is 0. The molecule has 0 saturated carbocycles. The van der Waals surface area contributed by atoms with Crippen LogP contribution in [-0.2, 0) is 0 Å². The lowest BCUT2D eigenvalue weighted by molar-refractivity contribution is 0.934. The van der Waals surface area contributed by atoms with E-state index in [0.29, 0.717) is 21.7 Å². The van der Waals surface area contributed by atoms with Crippen LogP contribution in [0.3, 0.4) is 0 Å². The summed E-state index contributed by atoms with van der Waals surface area (Å²) >= 11 is 6.16. The van der Waals surface area contributed by atoms with Gasteiger partial charge in [0.05, 0.1) is 16.6 Å². The van der Waals surface area contributed by atoms with E-state index in [9.17, 15) is 4.79 Å². The number of para-hydroxylation sites is 1. The van der Waals surface area contributed by atoms with Crippen molar-refractivity contribution in [2.24, 2.45) is 0 Å². The molecule has 0 spiro atoms. The first-order valence-electron chi connectivity index (χ1n) is 10.1. The Labute approximate surface area is 184 Å². The van der Waals surface area contributed by atoms with Crippen molar-refractivity contribution in [3.8, 4) is 5.69 Å². The molecule has 0 radical (unpaired) electrons. The molecule has 4 heteroatoms. The molecule has 0 saturated heterocycles. The van der Waals surface area contributed by atoms with Crippen LogP contribution < -0.4 is 5.56 Å². The Hall–Kier alpha value is -3.69. The zero-order chi connectivity index (χ0) is 21.4. The Balaban J connectivity index is 1.76. The predicted molar refractivity (Wildman–Crippen MR) is 130 cm³/mol. The van der Waals surface area contributed by atoms with E-state index in [1.165, 1.54) is 5.39 Å². The molecule has 0 N–H and O–H groups in total. The van der Waals surface area contributed by atoms with E-state index >= 15 is 0 Å². The third-order valence-electron chi connectivity index (χ3n) is 5.44. The van der Waals surface area contributed by atoms with E-state index in [1.54, 1.807) is 10.6 Å². The lowest BCUT2D eigenvalue weighted by Gasteiger charge is -2.14. The number of nitrogens with zero attached hydrogens (tertiary/aromatic N) is 2. The van der Waals surface area contributed by atoms with Gasteiger partial charge in [-0.25, -0.2) is 4.98 Å². The van der Waals surface area contributed by atoms with Crippen molar-refractivity contribution in [3.63, 3.8) is 0 Å². The highest BCUT2D eigenvalue weighted by molar-refractivity contribution is 6.30. The van der Waals surface area contributed by atoms with E-state index in [0.717, 1.165) is 22.2 Å². The molecule has 1 heterocycles. The van der Waals surface area contributed by atoms with Crippen LogP contribution in [0.15, 0.2) is 89.7 Å². The minimum atomic E-state index is -0.103. The number of fused-ring (bicyclic) bond motifs is 2. The third kappa shape index (κ3) is 3.54. The second kappa shape index (κ2) is 7.86. The lowest BCUT2D eigenvalue weighted by Crippen LogP contribution is -2.23. The molecule has 150 valence electrons. The Morgan fingerprint density at radius 1 is 0.839 bits per heavy atom. The molecule has 0 aliphatic rings. The van der Waals surface area contributed by atoms with E-state index in [2.05, 4.69) is 24.3 Å². The monoisotopic (exact) mass is 422 g/mol. The minimum Gasteiger partial charge on any atom is -0.268 e. The fourth-order valence-electron chi connectivity index (χ4n) is 3.92. The highest BCUT2D eigenvalue weighted by Gasteiger charge is 2.13. The van der Waals surface area contributed by atoms with Crippen molar-refractivity contribution in [2.75, 3.05) is 0 Å². The van der Waals surface area contributed by atoms with Gasteiger partial charge >= 0.3 is 0 Å². The first kappa shape index (κ1) is 19.3. The van der Waals surface area contributed by atoms with E-state index < -0.39 is 0 Å². The molecular formula is C27H19ClN2O. The summed E-state index contributed by atoms with van der Waals surface area (Å²) in [6.45, 7) is 1.95. The van der Waals surface area contributed by atoms with Crippen molar-refractivity contribution >= 4 is 45.4 Å². The molecule has 3 nitrogen and oxygen atoms in total. The maximum Gasteiger partial charge on any atom is 0.266 e.